The number of hydrogen-bond acceptors (Lipinski definition) is 3. The zero-order valence-corrected chi connectivity index (χ0v) is 8.38. The molecule has 2 aromatic heterocycles. The Labute approximate surface area is 89.0 Å². The molecule has 0 radical (unpaired) electrons. The monoisotopic (exact) mass is 199 g/mol. The van der Waals surface area contributed by atoms with Crippen molar-refractivity contribution in [3.8, 4) is 0 Å². The lowest BCUT2D eigenvalue weighted by molar-refractivity contribution is 0.683. The maximum atomic E-state index is 6.02. The van der Waals surface area contributed by atoms with Crippen molar-refractivity contribution in [2.24, 2.45) is 5.73 Å². The van der Waals surface area contributed by atoms with Crippen LogP contribution in [0.15, 0.2) is 48.8 Å². The van der Waals surface area contributed by atoms with Crippen molar-refractivity contribution in [1.82, 2.24) is 9.97 Å². The molecule has 2 rings (SSSR count). The summed E-state index contributed by atoms with van der Waals surface area (Å²) in [6.07, 6.45) is 4.26. The van der Waals surface area contributed by atoms with Crippen LogP contribution >= 0.6 is 0 Å². The maximum absolute atomic E-state index is 6.02. The molecule has 2 N–H and O–H groups in total. The molecular weight excluding hydrogens is 186 g/mol. The van der Waals surface area contributed by atoms with Gasteiger partial charge in [-0.3, -0.25) is 9.97 Å². The zero-order chi connectivity index (χ0) is 10.5. The van der Waals surface area contributed by atoms with Crippen molar-refractivity contribution in [1.29, 1.82) is 0 Å². The van der Waals surface area contributed by atoms with Crippen molar-refractivity contribution in [3.63, 3.8) is 0 Å². The SMILES string of the molecule is N[C@@H](Cc1ccccn1)c1ccccn1. The number of rotatable bonds is 3. The van der Waals surface area contributed by atoms with Crippen molar-refractivity contribution < 1.29 is 0 Å². The average molecular weight is 199 g/mol. The Morgan fingerprint density at radius 1 is 1.00 bits per heavy atom. The van der Waals surface area contributed by atoms with Crippen LogP contribution in [0.5, 0.6) is 0 Å². The molecule has 76 valence electrons. The van der Waals surface area contributed by atoms with Crippen LogP contribution in [0.1, 0.15) is 17.4 Å². The van der Waals surface area contributed by atoms with Gasteiger partial charge in [-0.05, 0) is 24.3 Å². The second-order valence-electron chi connectivity index (χ2n) is 3.39. The maximum Gasteiger partial charge on any atom is 0.0574 e. The first kappa shape index (κ1) is 9.80. The summed E-state index contributed by atoms with van der Waals surface area (Å²) in [5.74, 6) is 0. The van der Waals surface area contributed by atoms with Crippen LogP contribution in [0.25, 0.3) is 0 Å². The Hall–Kier alpha value is -1.74. The minimum Gasteiger partial charge on any atom is -0.322 e. The second kappa shape index (κ2) is 4.66. The summed E-state index contributed by atoms with van der Waals surface area (Å²) in [6, 6.07) is 11.5. The first-order chi connectivity index (χ1) is 7.36. The highest BCUT2D eigenvalue weighted by Crippen LogP contribution is 2.11. The third-order valence-corrected chi connectivity index (χ3v) is 2.22. The highest BCUT2D eigenvalue weighted by molar-refractivity contribution is 5.13. The molecule has 0 aliphatic rings. The molecule has 15 heavy (non-hydrogen) atoms. The van der Waals surface area contributed by atoms with Gasteiger partial charge in [0.1, 0.15) is 0 Å². The summed E-state index contributed by atoms with van der Waals surface area (Å²) >= 11 is 0. The number of aromatic nitrogens is 2. The fourth-order valence-corrected chi connectivity index (χ4v) is 1.44. The van der Waals surface area contributed by atoms with Gasteiger partial charge < -0.3 is 5.73 Å². The van der Waals surface area contributed by atoms with E-state index in [4.69, 9.17) is 5.73 Å². The molecule has 0 aliphatic carbocycles. The van der Waals surface area contributed by atoms with Crippen LogP contribution in [-0.2, 0) is 6.42 Å². The summed E-state index contributed by atoms with van der Waals surface area (Å²) in [5, 5.41) is 0. The van der Waals surface area contributed by atoms with Crippen LogP contribution < -0.4 is 5.73 Å². The molecule has 3 nitrogen and oxygen atoms in total. The Kier molecular flexibility index (Phi) is 3.05. The number of nitrogens with zero attached hydrogens (tertiary/aromatic N) is 2. The minimum atomic E-state index is -0.0823. The van der Waals surface area contributed by atoms with Crippen molar-refractivity contribution in [3.05, 3.63) is 60.2 Å². The molecule has 0 saturated heterocycles. The smallest absolute Gasteiger partial charge is 0.0574 e. The number of hydrogen-bond donors (Lipinski definition) is 1. The van der Waals surface area contributed by atoms with Gasteiger partial charge in [0, 0.05) is 24.5 Å². The van der Waals surface area contributed by atoms with Gasteiger partial charge in [0.2, 0.25) is 0 Å². The van der Waals surface area contributed by atoms with Crippen LogP contribution in [0.4, 0.5) is 0 Å². The summed E-state index contributed by atoms with van der Waals surface area (Å²) in [5.41, 5.74) is 7.93. The predicted molar refractivity (Wildman–Crippen MR) is 59.1 cm³/mol. The molecule has 1 atom stereocenters. The van der Waals surface area contributed by atoms with Gasteiger partial charge in [-0.1, -0.05) is 12.1 Å². The number of nitrogens with two attached hydrogens (primary N) is 1. The van der Waals surface area contributed by atoms with E-state index in [-0.39, 0.29) is 6.04 Å². The number of pyridine rings is 2. The van der Waals surface area contributed by atoms with Crippen LogP contribution in [0.2, 0.25) is 0 Å². The summed E-state index contributed by atoms with van der Waals surface area (Å²) < 4.78 is 0. The normalized spacial score (nSPS) is 12.3. The lowest BCUT2D eigenvalue weighted by atomic mass is 10.1. The van der Waals surface area contributed by atoms with E-state index in [1.807, 2.05) is 36.4 Å². The molecule has 0 saturated carbocycles. The molecular formula is C12H13N3. The predicted octanol–water partition coefficient (Wildman–Crippen LogP) is 1.72. The van der Waals surface area contributed by atoms with E-state index in [2.05, 4.69) is 9.97 Å². The van der Waals surface area contributed by atoms with Gasteiger partial charge in [-0.25, -0.2) is 0 Å². The van der Waals surface area contributed by atoms with E-state index in [9.17, 15) is 0 Å². The molecule has 0 spiro atoms. The van der Waals surface area contributed by atoms with Gasteiger partial charge in [-0.2, -0.15) is 0 Å². The van der Waals surface area contributed by atoms with E-state index >= 15 is 0 Å². The fraction of sp³-hybridized carbons (Fsp3) is 0.167. The standard InChI is InChI=1S/C12H13N3/c13-11(12-6-2-4-8-15-12)9-10-5-1-3-7-14-10/h1-8,11H,9,13H2/t11-/m0/s1. The molecule has 3 heteroatoms. The Morgan fingerprint density at radius 2 is 1.73 bits per heavy atom. The third-order valence-electron chi connectivity index (χ3n) is 2.22. The highest BCUT2D eigenvalue weighted by Gasteiger charge is 2.07. The van der Waals surface area contributed by atoms with Crippen molar-refractivity contribution in [2.75, 3.05) is 0 Å². The first-order valence-electron chi connectivity index (χ1n) is 4.92. The quantitative estimate of drug-likeness (QED) is 0.818. The van der Waals surface area contributed by atoms with E-state index in [1.165, 1.54) is 0 Å². The van der Waals surface area contributed by atoms with E-state index in [0.29, 0.717) is 0 Å². The molecule has 0 aliphatic heterocycles. The Bertz CT molecular complexity index is 400. The van der Waals surface area contributed by atoms with Gasteiger partial charge in [0.15, 0.2) is 0 Å². The van der Waals surface area contributed by atoms with Crippen LogP contribution in [0, 0.1) is 0 Å². The third kappa shape index (κ3) is 2.60. The van der Waals surface area contributed by atoms with Gasteiger partial charge in [0.05, 0.1) is 11.7 Å². The molecule has 2 aromatic rings. The van der Waals surface area contributed by atoms with Gasteiger partial charge in [0.25, 0.3) is 0 Å². The summed E-state index contributed by atoms with van der Waals surface area (Å²) in [4.78, 5) is 8.46. The van der Waals surface area contributed by atoms with E-state index in [0.717, 1.165) is 17.8 Å². The second-order valence-corrected chi connectivity index (χ2v) is 3.39. The summed E-state index contributed by atoms with van der Waals surface area (Å²) in [7, 11) is 0. The molecule has 0 fully saturated rings. The molecule has 2 heterocycles. The minimum absolute atomic E-state index is 0.0823. The van der Waals surface area contributed by atoms with E-state index < -0.39 is 0 Å². The Morgan fingerprint density at radius 3 is 2.33 bits per heavy atom. The largest absolute Gasteiger partial charge is 0.322 e. The van der Waals surface area contributed by atoms with E-state index in [1.54, 1.807) is 12.4 Å². The molecule has 0 bridgehead atoms. The molecule has 0 unspecified atom stereocenters. The van der Waals surface area contributed by atoms with Gasteiger partial charge >= 0.3 is 0 Å². The average Bonchev–Trinajstić information content (AvgIpc) is 2.31. The fourth-order valence-electron chi connectivity index (χ4n) is 1.44. The van der Waals surface area contributed by atoms with Crippen LogP contribution in [0.3, 0.4) is 0 Å². The molecule has 0 amide bonds. The zero-order valence-electron chi connectivity index (χ0n) is 8.38. The van der Waals surface area contributed by atoms with Crippen molar-refractivity contribution >= 4 is 0 Å². The van der Waals surface area contributed by atoms with Gasteiger partial charge in [-0.15, -0.1) is 0 Å². The van der Waals surface area contributed by atoms with Crippen LogP contribution in [-0.4, -0.2) is 9.97 Å². The lowest BCUT2D eigenvalue weighted by Crippen LogP contribution is -2.15. The van der Waals surface area contributed by atoms with Crippen molar-refractivity contribution in [2.45, 2.75) is 12.5 Å². The highest BCUT2D eigenvalue weighted by atomic mass is 14.8. The Balaban J connectivity index is 2.08. The molecule has 0 aromatic carbocycles. The lowest BCUT2D eigenvalue weighted by Gasteiger charge is -2.09. The summed E-state index contributed by atoms with van der Waals surface area (Å²) in [6.45, 7) is 0. The topological polar surface area (TPSA) is 51.8 Å². The first-order valence-corrected chi connectivity index (χ1v) is 4.92.